The van der Waals surface area contributed by atoms with Gasteiger partial charge in [-0.15, -0.1) is 0 Å². The molecule has 1 aromatic carbocycles. The molecule has 0 aliphatic heterocycles. The summed E-state index contributed by atoms with van der Waals surface area (Å²) < 4.78 is 0. The summed E-state index contributed by atoms with van der Waals surface area (Å²) in [5.74, 6) is 0.841. The number of aryl methyl sites for hydroxylation is 1. The Kier molecular flexibility index (Phi) is 3.50. The van der Waals surface area contributed by atoms with Crippen molar-refractivity contribution in [2.45, 2.75) is 32.2 Å². The van der Waals surface area contributed by atoms with Gasteiger partial charge in [-0.3, -0.25) is 9.89 Å². The van der Waals surface area contributed by atoms with E-state index in [-0.39, 0.29) is 17.9 Å². The first-order chi connectivity index (χ1) is 9.74. The second-order valence-corrected chi connectivity index (χ2v) is 5.31. The smallest absolute Gasteiger partial charge is 0.224 e. The maximum absolute atomic E-state index is 12.3. The maximum Gasteiger partial charge on any atom is 0.224 e. The Morgan fingerprint density at radius 2 is 2.20 bits per heavy atom. The highest BCUT2D eigenvalue weighted by atomic mass is 16.1. The van der Waals surface area contributed by atoms with Crippen LogP contribution in [0.4, 0.5) is 0 Å². The summed E-state index contributed by atoms with van der Waals surface area (Å²) in [5, 5.41) is 9.60. The average Bonchev–Trinajstić information content (AvgIpc) is 3.01. The molecule has 0 fully saturated rings. The molecule has 0 radical (unpaired) electrons. The van der Waals surface area contributed by atoms with Gasteiger partial charge in [0.2, 0.25) is 5.91 Å². The summed E-state index contributed by atoms with van der Waals surface area (Å²) >= 11 is 0. The minimum atomic E-state index is -0.137. The zero-order valence-corrected chi connectivity index (χ0v) is 11.5. The summed E-state index contributed by atoms with van der Waals surface area (Å²) in [4.78, 5) is 16.4. The molecule has 1 heterocycles. The number of hydrogen-bond donors (Lipinski definition) is 2. The van der Waals surface area contributed by atoms with Crippen LogP contribution in [0.15, 0.2) is 30.6 Å². The van der Waals surface area contributed by atoms with Gasteiger partial charge in [-0.1, -0.05) is 24.3 Å². The fourth-order valence-corrected chi connectivity index (χ4v) is 2.74. The van der Waals surface area contributed by atoms with E-state index in [1.165, 1.54) is 17.5 Å². The number of nitrogens with one attached hydrogen (secondary N) is 2. The van der Waals surface area contributed by atoms with Crippen molar-refractivity contribution in [2.75, 3.05) is 0 Å². The molecule has 3 rings (SSSR count). The highest BCUT2D eigenvalue weighted by Gasteiger charge is 2.25. The van der Waals surface area contributed by atoms with Crippen LogP contribution >= 0.6 is 0 Å². The Morgan fingerprint density at radius 3 is 2.95 bits per heavy atom. The number of carbonyl (C=O) groups is 1. The molecule has 0 bridgehead atoms. The van der Waals surface area contributed by atoms with Gasteiger partial charge in [0.25, 0.3) is 0 Å². The first-order valence-electron chi connectivity index (χ1n) is 6.96. The molecule has 2 unspecified atom stereocenters. The Bertz CT molecular complexity index is 594. The molecule has 1 aliphatic rings. The van der Waals surface area contributed by atoms with Crippen molar-refractivity contribution < 1.29 is 4.79 Å². The molecule has 2 aromatic rings. The Hall–Kier alpha value is -2.17. The fourth-order valence-electron chi connectivity index (χ4n) is 2.74. The van der Waals surface area contributed by atoms with Gasteiger partial charge < -0.3 is 5.32 Å². The van der Waals surface area contributed by atoms with Crippen molar-refractivity contribution in [3.8, 4) is 0 Å². The van der Waals surface area contributed by atoms with Crippen LogP contribution in [0.5, 0.6) is 0 Å². The van der Waals surface area contributed by atoms with Crippen LogP contribution in [-0.2, 0) is 17.6 Å². The topological polar surface area (TPSA) is 70.7 Å². The van der Waals surface area contributed by atoms with Gasteiger partial charge in [-0.25, -0.2) is 4.98 Å². The minimum Gasteiger partial charge on any atom is -0.346 e. The summed E-state index contributed by atoms with van der Waals surface area (Å²) in [6, 6.07) is 8.23. The third-order valence-electron chi connectivity index (χ3n) is 3.92. The maximum atomic E-state index is 12.3. The van der Waals surface area contributed by atoms with E-state index in [1.807, 2.05) is 13.0 Å². The molecule has 0 spiro atoms. The normalized spacial score (nSPS) is 19.1. The lowest BCUT2D eigenvalue weighted by atomic mass is 9.83. The molecule has 0 saturated heterocycles. The van der Waals surface area contributed by atoms with Crippen molar-refractivity contribution >= 4 is 5.91 Å². The van der Waals surface area contributed by atoms with Gasteiger partial charge in [0.1, 0.15) is 12.2 Å². The zero-order valence-electron chi connectivity index (χ0n) is 11.5. The molecule has 104 valence electrons. The SMILES string of the molecule is CC(NC(=O)C1CCc2ccccc2C1)c1ncn[nH]1. The van der Waals surface area contributed by atoms with Crippen LogP contribution in [0.1, 0.15) is 36.3 Å². The predicted octanol–water partition coefficient (Wildman–Crippen LogP) is 1.79. The third-order valence-corrected chi connectivity index (χ3v) is 3.92. The number of amides is 1. The van der Waals surface area contributed by atoms with E-state index in [4.69, 9.17) is 0 Å². The molecular formula is C15H18N4O. The number of aromatic amines is 1. The molecule has 2 N–H and O–H groups in total. The number of nitrogens with zero attached hydrogens (tertiary/aromatic N) is 2. The van der Waals surface area contributed by atoms with Gasteiger partial charge in [-0.2, -0.15) is 5.10 Å². The number of H-pyrrole nitrogens is 1. The molecule has 0 saturated carbocycles. The predicted molar refractivity (Wildman–Crippen MR) is 74.9 cm³/mol. The number of rotatable bonds is 3. The van der Waals surface area contributed by atoms with E-state index < -0.39 is 0 Å². The molecule has 1 amide bonds. The van der Waals surface area contributed by atoms with Gasteiger partial charge in [0, 0.05) is 5.92 Å². The van der Waals surface area contributed by atoms with Gasteiger partial charge >= 0.3 is 0 Å². The molecule has 1 aromatic heterocycles. The molecule has 5 heteroatoms. The van der Waals surface area contributed by atoms with Gasteiger partial charge in [0.05, 0.1) is 6.04 Å². The van der Waals surface area contributed by atoms with E-state index in [0.29, 0.717) is 5.82 Å². The summed E-state index contributed by atoms with van der Waals surface area (Å²) in [5.41, 5.74) is 2.67. The van der Waals surface area contributed by atoms with Crippen molar-refractivity contribution in [3.05, 3.63) is 47.5 Å². The second-order valence-electron chi connectivity index (χ2n) is 5.31. The number of benzene rings is 1. The lowest BCUT2D eigenvalue weighted by Gasteiger charge is -2.24. The quantitative estimate of drug-likeness (QED) is 0.893. The van der Waals surface area contributed by atoms with Crippen LogP contribution in [0.25, 0.3) is 0 Å². The first-order valence-corrected chi connectivity index (χ1v) is 6.96. The van der Waals surface area contributed by atoms with E-state index in [9.17, 15) is 4.79 Å². The number of fused-ring (bicyclic) bond motifs is 1. The zero-order chi connectivity index (χ0) is 13.9. The monoisotopic (exact) mass is 270 g/mol. The van der Waals surface area contributed by atoms with Crippen molar-refractivity contribution in [1.29, 1.82) is 0 Å². The van der Waals surface area contributed by atoms with Crippen molar-refractivity contribution in [1.82, 2.24) is 20.5 Å². The van der Waals surface area contributed by atoms with Crippen LogP contribution in [0.2, 0.25) is 0 Å². The minimum absolute atomic E-state index is 0.0512. The second kappa shape index (κ2) is 5.45. The van der Waals surface area contributed by atoms with E-state index in [1.54, 1.807) is 0 Å². The highest BCUT2D eigenvalue weighted by molar-refractivity contribution is 5.79. The molecule has 5 nitrogen and oxygen atoms in total. The molecule has 1 aliphatic carbocycles. The number of carbonyl (C=O) groups excluding carboxylic acids is 1. The standard InChI is InChI=1S/C15H18N4O/c1-10(14-16-9-17-19-14)18-15(20)13-7-6-11-4-2-3-5-12(11)8-13/h2-5,9-10,13H,6-8H2,1H3,(H,18,20)(H,16,17,19). The summed E-state index contributed by atoms with van der Waals surface area (Å²) in [6.45, 7) is 1.91. The number of aromatic nitrogens is 3. The Balaban J connectivity index is 1.64. The fraction of sp³-hybridized carbons (Fsp3) is 0.400. The van der Waals surface area contributed by atoms with E-state index >= 15 is 0 Å². The summed E-state index contributed by atoms with van der Waals surface area (Å²) in [6.07, 6.45) is 4.16. The number of hydrogen-bond acceptors (Lipinski definition) is 3. The summed E-state index contributed by atoms with van der Waals surface area (Å²) in [7, 11) is 0. The van der Waals surface area contributed by atoms with Gasteiger partial charge in [0.15, 0.2) is 0 Å². The van der Waals surface area contributed by atoms with Crippen molar-refractivity contribution in [3.63, 3.8) is 0 Å². The van der Waals surface area contributed by atoms with E-state index in [0.717, 1.165) is 19.3 Å². The average molecular weight is 270 g/mol. The molecular weight excluding hydrogens is 252 g/mol. The third kappa shape index (κ3) is 2.57. The van der Waals surface area contributed by atoms with Crippen LogP contribution < -0.4 is 5.32 Å². The Labute approximate surface area is 117 Å². The van der Waals surface area contributed by atoms with E-state index in [2.05, 4.69) is 38.7 Å². The molecule has 20 heavy (non-hydrogen) atoms. The lowest BCUT2D eigenvalue weighted by molar-refractivity contribution is -0.126. The van der Waals surface area contributed by atoms with Gasteiger partial charge in [-0.05, 0) is 37.3 Å². The largest absolute Gasteiger partial charge is 0.346 e. The van der Waals surface area contributed by atoms with Crippen LogP contribution in [0, 0.1) is 5.92 Å². The van der Waals surface area contributed by atoms with Crippen molar-refractivity contribution in [2.24, 2.45) is 5.92 Å². The Morgan fingerprint density at radius 1 is 1.40 bits per heavy atom. The first kappa shape index (κ1) is 12.8. The van der Waals surface area contributed by atoms with Crippen LogP contribution in [0.3, 0.4) is 0 Å². The molecule has 2 atom stereocenters. The lowest BCUT2D eigenvalue weighted by Crippen LogP contribution is -2.36. The highest BCUT2D eigenvalue weighted by Crippen LogP contribution is 2.25. The van der Waals surface area contributed by atoms with Crippen LogP contribution in [-0.4, -0.2) is 21.1 Å².